The van der Waals surface area contributed by atoms with Crippen LogP contribution in [0.1, 0.15) is 36.0 Å². The van der Waals surface area contributed by atoms with Crippen molar-refractivity contribution in [2.75, 3.05) is 20.1 Å². The van der Waals surface area contributed by atoms with Gasteiger partial charge in [-0.3, -0.25) is 9.48 Å². The third-order valence-electron chi connectivity index (χ3n) is 3.57. The van der Waals surface area contributed by atoms with Crippen molar-refractivity contribution >= 4 is 5.91 Å². The molecule has 0 bridgehead atoms. The van der Waals surface area contributed by atoms with Crippen LogP contribution in [0, 0.1) is 0 Å². The van der Waals surface area contributed by atoms with Crippen molar-refractivity contribution in [2.45, 2.75) is 31.7 Å². The second-order valence-corrected chi connectivity index (χ2v) is 4.94. The first-order valence-electron chi connectivity index (χ1n) is 6.66. The van der Waals surface area contributed by atoms with Crippen LogP contribution < -0.4 is 5.32 Å². The van der Waals surface area contributed by atoms with Crippen LogP contribution in [0.15, 0.2) is 12.4 Å². The number of carbonyl (C=O) groups excluding carboxylic acids is 1. The van der Waals surface area contributed by atoms with Crippen molar-refractivity contribution in [2.24, 2.45) is 7.05 Å². The summed E-state index contributed by atoms with van der Waals surface area (Å²) in [5, 5.41) is 7.24. The third-order valence-corrected chi connectivity index (χ3v) is 3.57. The lowest BCUT2D eigenvalue weighted by molar-refractivity contribution is 0.0602. The molecule has 1 unspecified atom stereocenters. The topological polar surface area (TPSA) is 50.2 Å². The van der Waals surface area contributed by atoms with Gasteiger partial charge in [-0.2, -0.15) is 5.10 Å². The van der Waals surface area contributed by atoms with Crippen LogP contribution in [0.2, 0.25) is 0 Å². The van der Waals surface area contributed by atoms with E-state index in [0.717, 1.165) is 32.4 Å². The molecule has 0 spiro atoms. The summed E-state index contributed by atoms with van der Waals surface area (Å²) < 4.78 is 1.68. The Labute approximate surface area is 108 Å². The molecule has 1 amide bonds. The predicted octanol–water partition coefficient (Wildman–Crippen LogP) is 1.02. The van der Waals surface area contributed by atoms with E-state index in [9.17, 15) is 4.79 Å². The van der Waals surface area contributed by atoms with Gasteiger partial charge in [-0.25, -0.2) is 0 Å². The summed E-state index contributed by atoms with van der Waals surface area (Å²) in [6.07, 6.45) is 7.95. The lowest BCUT2D eigenvalue weighted by atomic mass is 9.98. The van der Waals surface area contributed by atoms with Crippen molar-refractivity contribution in [1.82, 2.24) is 20.0 Å². The maximum absolute atomic E-state index is 12.4. The number of aromatic nitrogens is 2. The van der Waals surface area contributed by atoms with Gasteiger partial charge in [0.2, 0.25) is 0 Å². The second kappa shape index (κ2) is 6.00. The Balaban J connectivity index is 2.06. The first kappa shape index (κ1) is 13.1. The summed E-state index contributed by atoms with van der Waals surface area (Å²) >= 11 is 0. The van der Waals surface area contributed by atoms with E-state index in [1.165, 1.54) is 6.42 Å². The van der Waals surface area contributed by atoms with Gasteiger partial charge in [0.05, 0.1) is 11.8 Å². The number of nitrogens with one attached hydrogen (secondary N) is 1. The summed E-state index contributed by atoms with van der Waals surface area (Å²) in [4.78, 5) is 14.5. The molecule has 1 atom stereocenters. The molecule has 1 aliphatic rings. The molecule has 1 N–H and O–H groups in total. The summed E-state index contributed by atoms with van der Waals surface area (Å²) in [7, 11) is 3.79. The summed E-state index contributed by atoms with van der Waals surface area (Å²) in [5.41, 5.74) is 0.703. The van der Waals surface area contributed by atoms with Crippen LogP contribution in [0.25, 0.3) is 0 Å². The summed E-state index contributed by atoms with van der Waals surface area (Å²) in [5.74, 6) is 0.129. The van der Waals surface area contributed by atoms with Gasteiger partial charge < -0.3 is 10.2 Å². The minimum atomic E-state index is 0.129. The maximum atomic E-state index is 12.4. The standard InChI is InChI=1S/C13H22N4O/c1-14-7-6-12-5-3-4-8-17(12)13(18)11-9-15-16(2)10-11/h9-10,12,14H,3-8H2,1-2H3. The second-order valence-electron chi connectivity index (χ2n) is 4.94. The molecule has 5 heteroatoms. The molecular formula is C13H22N4O. The number of likely N-dealkylation sites (tertiary alicyclic amines) is 1. The number of amides is 1. The SMILES string of the molecule is CNCCC1CCCCN1C(=O)c1cnn(C)c1. The van der Waals surface area contributed by atoms with Crippen LogP contribution in [0.5, 0.6) is 0 Å². The van der Waals surface area contributed by atoms with Crippen molar-refractivity contribution in [1.29, 1.82) is 0 Å². The normalized spacial score (nSPS) is 20.1. The van der Waals surface area contributed by atoms with Crippen LogP contribution in [-0.2, 0) is 7.05 Å². The lowest BCUT2D eigenvalue weighted by Gasteiger charge is -2.35. The van der Waals surface area contributed by atoms with Gasteiger partial charge in [-0.1, -0.05) is 0 Å². The highest BCUT2D eigenvalue weighted by Gasteiger charge is 2.27. The molecular weight excluding hydrogens is 228 g/mol. The van der Waals surface area contributed by atoms with Gasteiger partial charge >= 0.3 is 0 Å². The van der Waals surface area contributed by atoms with E-state index in [2.05, 4.69) is 10.4 Å². The fourth-order valence-corrected chi connectivity index (χ4v) is 2.58. The molecule has 1 aromatic rings. The van der Waals surface area contributed by atoms with Crippen LogP contribution >= 0.6 is 0 Å². The molecule has 2 rings (SSSR count). The first-order valence-corrected chi connectivity index (χ1v) is 6.66. The number of rotatable bonds is 4. The van der Waals surface area contributed by atoms with Crippen LogP contribution in [0.4, 0.5) is 0 Å². The summed E-state index contributed by atoms with van der Waals surface area (Å²) in [6, 6.07) is 0.374. The van der Waals surface area contributed by atoms with Crippen molar-refractivity contribution in [3.63, 3.8) is 0 Å². The van der Waals surface area contributed by atoms with Gasteiger partial charge in [0, 0.05) is 25.8 Å². The van der Waals surface area contributed by atoms with Gasteiger partial charge in [0.1, 0.15) is 0 Å². The van der Waals surface area contributed by atoms with Crippen LogP contribution in [-0.4, -0.2) is 46.8 Å². The van der Waals surface area contributed by atoms with E-state index < -0.39 is 0 Å². The van der Waals surface area contributed by atoms with Crippen molar-refractivity contribution < 1.29 is 4.79 Å². The average Bonchev–Trinajstić information content (AvgIpc) is 2.82. The summed E-state index contributed by atoms with van der Waals surface area (Å²) in [6.45, 7) is 1.84. The number of hydrogen-bond acceptors (Lipinski definition) is 3. The van der Waals surface area contributed by atoms with E-state index in [-0.39, 0.29) is 5.91 Å². The Morgan fingerprint density at radius 3 is 3.06 bits per heavy atom. The number of hydrogen-bond donors (Lipinski definition) is 1. The highest BCUT2D eigenvalue weighted by Crippen LogP contribution is 2.21. The molecule has 1 aromatic heterocycles. The number of aryl methyl sites for hydroxylation is 1. The maximum Gasteiger partial charge on any atom is 0.257 e. The zero-order valence-corrected chi connectivity index (χ0v) is 11.2. The van der Waals surface area contributed by atoms with Crippen molar-refractivity contribution in [3.8, 4) is 0 Å². The molecule has 0 aromatic carbocycles. The molecule has 5 nitrogen and oxygen atoms in total. The van der Waals surface area contributed by atoms with E-state index >= 15 is 0 Å². The van der Waals surface area contributed by atoms with Crippen molar-refractivity contribution in [3.05, 3.63) is 18.0 Å². The van der Waals surface area contributed by atoms with E-state index in [0.29, 0.717) is 11.6 Å². The zero-order chi connectivity index (χ0) is 13.0. The molecule has 1 aliphatic heterocycles. The highest BCUT2D eigenvalue weighted by atomic mass is 16.2. The van der Waals surface area contributed by atoms with E-state index in [4.69, 9.17) is 0 Å². The van der Waals surface area contributed by atoms with Gasteiger partial charge in [-0.15, -0.1) is 0 Å². The average molecular weight is 250 g/mol. The quantitative estimate of drug-likeness (QED) is 0.868. The smallest absolute Gasteiger partial charge is 0.257 e. The predicted molar refractivity (Wildman–Crippen MR) is 70.4 cm³/mol. The number of piperidine rings is 1. The highest BCUT2D eigenvalue weighted by molar-refractivity contribution is 5.94. The Hall–Kier alpha value is -1.36. The zero-order valence-electron chi connectivity index (χ0n) is 11.2. The third kappa shape index (κ3) is 2.90. The Kier molecular flexibility index (Phi) is 4.36. The fourth-order valence-electron chi connectivity index (χ4n) is 2.58. The molecule has 2 heterocycles. The molecule has 18 heavy (non-hydrogen) atoms. The minimum absolute atomic E-state index is 0.129. The Morgan fingerprint density at radius 2 is 2.39 bits per heavy atom. The number of nitrogens with zero attached hydrogens (tertiary/aromatic N) is 3. The first-order chi connectivity index (χ1) is 8.72. The van der Waals surface area contributed by atoms with Gasteiger partial charge in [0.25, 0.3) is 5.91 Å². The molecule has 0 saturated carbocycles. The Morgan fingerprint density at radius 1 is 1.56 bits per heavy atom. The number of carbonyl (C=O) groups is 1. The fraction of sp³-hybridized carbons (Fsp3) is 0.692. The van der Waals surface area contributed by atoms with Gasteiger partial charge in [-0.05, 0) is 39.3 Å². The Bertz CT molecular complexity index is 401. The molecule has 1 fully saturated rings. The van der Waals surface area contributed by atoms with E-state index in [1.54, 1.807) is 17.1 Å². The minimum Gasteiger partial charge on any atom is -0.336 e. The molecule has 1 saturated heterocycles. The van der Waals surface area contributed by atoms with E-state index in [1.807, 2.05) is 19.0 Å². The molecule has 0 radical (unpaired) electrons. The monoisotopic (exact) mass is 250 g/mol. The molecule has 100 valence electrons. The van der Waals surface area contributed by atoms with Gasteiger partial charge in [0.15, 0.2) is 0 Å². The van der Waals surface area contributed by atoms with Crippen LogP contribution in [0.3, 0.4) is 0 Å². The largest absolute Gasteiger partial charge is 0.336 e. The molecule has 0 aliphatic carbocycles. The lowest BCUT2D eigenvalue weighted by Crippen LogP contribution is -2.44.